The van der Waals surface area contributed by atoms with Crippen LogP contribution in [0.1, 0.15) is 62.4 Å². The number of ether oxygens (including phenoxy) is 1. The van der Waals surface area contributed by atoms with Gasteiger partial charge < -0.3 is 9.64 Å². The standard InChI is InChI=1S/C22H28N4OS/c1-15-12-19(27-21-17(13-23)20(25-28-21)22(3,4)5)16(2)11-18(15)24-14-26-9-7-6-8-10-26/h11-12,14H,6-10H2,1-5H3/b24-14+. The molecule has 0 spiro atoms. The van der Waals surface area contributed by atoms with E-state index in [9.17, 15) is 5.26 Å². The minimum absolute atomic E-state index is 0.193. The van der Waals surface area contributed by atoms with E-state index in [-0.39, 0.29) is 5.41 Å². The molecule has 3 rings (SSSR count). The maximum Gasteiger partial charge on any atom is 0.218 e. The fourth-order valence-corrected chi connectivity index (χ4v) is 4.16. The zero-order chi connectivity index (χ0) is 20.3. The van der Waals surface area contributed by atoms with Crippen LogP contribution in [0.2, 0.25) is 0 Å². The Labute approximate surface area is 171 Å². The molecular formula is C22H28N4OS. The van der Waals surface area contributed by atoms with Gasteiger partial charge in [-0.1, -0.05) is 20.8 Å². The van der Waals surface area contributed by atoms with Gasteiger partial charge in [0.15, 0.2) is 0 Å². The van der Waals surface area contributed by atoms with Crippen LogP contribution >= 0.6 is 11.5 Å². The van der Waals surface area contributed by atoms with Crippen LogP contribution in [0, 0.1) is 25.2 Å². The first-order valence-corrected chi connectivity index (χ1v) is 10.5. The molecule has 1 aliphatic rings. The summed E-state index contributed by atoms with van der Waals surface area (Å²) in [6.07, 6.45) is 5.76. The van der Waals surface area contributed by atoms with E-state index in [0.29, 0.717) is 10.6 Å². The molecular weight excluding hydrogens is 368 g/mol. The third-order valence-corrected chi connectivity index (χ3v) is 5.66. The molecule has 5 nitrogen and oxygen atoms in total. The normalized spacial score (nSPS) is 15.1. The number of aliphatic imine (C=N–C) groups is 1. The summed E-state index contributed by atoms with van der Waals surface area (Å²) >= 11 is 1.24. The molecule has 0 atom stereocenters. The molecule has 1 fully saturated rings. The van der Waals surface area contributed by atoms with Crippen molar-refractivity contribution in [2.75, 3.05) is 13.1 Å². The van der Waals surface area contributed by atoms with Crippen molar-refractivity contribution in [3.63, 3.8) is 0 Å². The number of piperidine rings is 1. The highest BCUT2D eigenvalue weighted by atomic mass is 32.1. The molecule has 0 radical (unpaired) electrons. The van der Waals surface area contributed by atoms with E-state index in [1.54, 1.807) is 0 Å². The highest BCUT2D eigenvalue weighted by Crippen LogP contribution is 2.39. The van der Waals surface area contributed by atoms with Gasteiger partial charge in [0.1, 0.15) is 17.4 Å². The molecule has 2 heterocycles. The molecule has 1 saturated heterocycles. The van der Waals surface area contributed by atoms with Gasteiger partial charge in [0.2, 0.25) is 5.06 Å². The van der Waals surface area contributed by atoms with E-state index in [2.05, 4.69) is 36.1 Å². The van der Waals surface area contributed by atoms with E-state index >= 15 is 0 Å². The molecule has 6 heteroatoms. The Morgan fingerprint density at radius 1 is 1.18 bits per heavy atom. The summed E-state index contributed by atoms with van der Waals surface area (Å²) in [5.41, 5.74) is 4.12. The fourth-order valence-electron chi connectivity index (χ4n) is 3.26. The SMILES string of the molecule is Cc1cc(Oc2snc(C(C)(C)C)c2C#N)c(C)cc1/N=C/N1CCCCC1. The number of nitrogens with zero attached hydrogens (tertiary/aromatic N) is 4. The molecule has 1 aliphatic heterocycles. The average molecular weight is 397 g/mol. The van der Waals surface area contributed by atoms with Crippen molar-refractivity contribution >= 4 is 23.6 Å². The number of hydrogen-bond donors (Lipinski definition) is 0. The third-order valence-electron chi connectivity index (χ3n) is 4.93. The second-order valence-electron chi connectivity index (χ2n) is 8.40. The highest BCUT2D eigenvalue weighted by molar-refractivity contribution is 7.08. The molecule has 148 valence electrons. The number of rotatable bonds is 4. The molecule has 0 saturated carbocycles. The molecule has 2 aromatic rings. The van der Waals surface area contributed by atoms with Crippen LogP contribution in [-0.4, -0.2) is 28.7 Å². The third kappa shape index (κ3) is 4.53. The van der Waals surface area contributed by atoms with Gasteiger partial charge in [-0.05, 0) is 56.4 Å². The Hall–Kier alpha value is -2.39. The number of benzene rings is 1. The Kier molecular flexibility index (Phi) is 6.04. The lowest BCUT2D eigenvalue weighted by molar-refractivity contribution is 0.351. The zero-order valence-electron chi connectivity index (χ0n) is 17.4. The van der Waals surface area contributed by atoms with Crippen molar-refractivity contribution in [2.45, 2.75) is 59.3 Å². The minimum atomic E-state index is -0.193. The summed E-state index contributed by atoms with van der Waals surface area (Å²) < 4.78 is 10.6. The van der Waals surface area contributed by atoms with Crippen LogP contribution in [0.4, 0.5) is 5.69 Å². The molecule has 0 aliphatic carbocycles. The summed E-state index contributed by atoms with van der Waals surface area (Å²) in [4.78, 5) is 6.98. The summed E-state index contributed by atoms with van der Waals surface area (Å²) in [7, 11) is 0. The average Bonchev–Trinajstić information content (AvgIpc) is 3.07. The molecule has 0 N–H and O–H groups in total. The first-order chi connectivity index (χ1) is 13.3. The van der Waals surface area contributed by atoms with E-state index in [1.807, 2.05) is 32.3 Å². The van der Waals surface area contributed by atoms with Crippen LogP contribution < -0.4 is 4.74 Å². The zero-order valence-corrected chi connectivity index (χ0v) is 18.2. The topological polar surface area (TPSA) is 61.5 Å². The van der Waals surface area contributed by atoms with Crippen molar-refractivity contribution < 1.29 is 4.74 Å². The van der Waals surface area contributed by atoms with Crippen LogP contribution in [0.3, 0.4) is 0 Å². The monoisotopic (exact) mass is 396 g/mol. The maximum atomic E-state index is 9.60. The lowest BCUT2D eigenvalue weighted by atomic mass is 9.90. The number of aromatic nitrogens is 1. The van der Waals surface area contributed by atoms with Crippen molar-refractivity contribution in [3.8, 4) is 16.9 Å². The molecule has 28 heavy (non-hydrogen) atoms. The lowest BCUT2D eigenvalue weighted by Gasteiger charge is -2.23. The van der Waals surface area contributed by atoms with Gasteiger partial charge in [-0.25, -0.2) is 4.99 Å². The van der Waals surface area contributed by atoms with Crippen LogP contribution in [0.5, 0.6) is 10.8 Å². The van der Waals surface area contributed by atoms with Gasteiger partial charge in [0.25, 0.3) is 0 Å². The highest BCUT2D eigenvalue weighted by Gasteiger charge is 2.26. The summed E-state index contributed by atoms with van der Waals surface area (Å²) in [6.45, 7) is 12.4. The van der Waals surface area contributed by atoms with Crippen LogP contribution in [0.25, 0.3) is 0 Å². The quantitative estimate of drug-likeness (QED) is 0.479. The summed E-state index contributed by atoms with van der Waals surface area (Å²) in [6, 6.07) is 6.31. The predicted octanol–water partition coefficient (Wildman–Crippen LogP) is 5.87. The largest absolute Gasteiger partial charge is 0.443 e. The fraction of sp³-hybridized carbons (Fsp3) is 0.500. The Balaban J connectivity index is 1.83. The van der Waals surface area contributed by atoms with Crippen molar-refractivity contribution in [1.82, 2.24) is 9.27 Å². The molecule has 0 bridgehead atoms. The van der Waals surface area contributed by atoms with E-state index < -0.39 is 0 Å². The van der Waals surface area contributed by atoms with Gasteiger partial charge in [0.05, 0.1) is 17.7 Å². The number of nitriles is 1. The van der Waals surface area contributed by atoms with Crippen LogP contribution in [-0.2, 0) is 5.41 Å². The van der Waals surface area contributed by atoms with Gasteiger partial charge in [-0.3, -0.25) is 0 Å². The first-order valence-electron chi connectivity index (χ1n) is 9.77. The first kappa shape index (κ1) is 20.3. The van der Waals surface area contributed by atoms with Crippen molar-refractivity contribution in [2.24, 2.45) is 4.99 Å². The van der Waals surface area contributed by atoms with E-state index in [0.717, 1.165) is 41.3 Å². The number of aryl methyl sites for hydroxylation is 2. The van der Waals surface area contributed by atoms with Crippen molar-refractivity contribution in [1.29, 1.82) is 5.26 Å². The Bertz CT molecular complexity index is 912. The Morgan fingerprint density at radius 3 is 2.54 bits per heavy atom. The smallest absolute Gasteiger partial charge is 0.218 e. The summed E-state index contributed by atoms with van der Waals surface area (Å²) in [5.74, 6) is 0.745. The molecule has 0 amide bonds. The second kappa shape index (κ2) is 8.32. The van der Waals surface area contributed by atoms with Crippen LogP contribution in [0.15, 0.2) is 17.1 Å². The second-order valence-corrected chi connectivity index (χ2v) is 9.14. The van der Waals surface area contributed by atoms with E-state index in [1.165, 1.54) is 30.8 Å². The van der Waals surface area contributed by atoms with Gasteiger partial charge in [-0.2, -0.15) is 9.64 Å². The number of likely N-dealkylation sites (tertiary alicyclic amines) is 1. The van der Waals surface area contributed by atoms with Gasteiger partial charge >= 0.3 is 0 Å². The van der Waals surface area contributed by atoms with Gasteiger partial charge in [-0.15, -0.1) is 0 Å². The predicted molar refractivity (Wildman–Crippen MR) is 115 cm³/mol. The lowest BCUT2D eigenvalue weighted by Crippen LogP contribution is -2.28. The molecule has 1 aromatic heterocycles. The molecule has 0 unspecified atom stereocenters. The maximum absolute atomic E-state index is 9.60. The Morgan fingerprint density at radius 2 is 1.89 bits per heavy atom. The number of hydrogen-bond acceptors (Lipinski definition) is 5. The molecule has 1 aromatic carbocycles. The van der Waals surface area contributed by atoms with Gasteiger partial charge in [0, 0.05) is 30.0 Å². The van der Waals surface area contributed by atoms with E-state index in [4.69, 9.17) is 9.73 Å². The van der Waals surface area contributed by atoms with Crippen molar-refractivity contribution in [3.05, 3.63) is 34.5 Å². The minimum Gasteiger partial charge on any atom is -0.443 e. The summed E-state index contributed by atoms with van der Waals surface area (Å²) in [5, 5.41) is 10.2.